The molecule has 0 radical (unpaired) electrons. The largest absolute Gasteiger partial charge is 0.486 e. The number of rotatable bonds is 11. The van der Waals surface area contributed by atoms with Crippen LogP contribution in [0.4, 0.5) is 4.79 Å². The van der Waals surface area contributed by atoms with Crippen LogP contribution in [0.1, 0.15) is 62.3 Å². The summed E-state index contributed by atoms with van der Waals surface area (Å²) in [7, 11) is 0. The summed E-state index contributed by atoms with van der Waals surface area (Å²) in [5.74, 6) is 9.14. The van der Waals surface area contributed by atoms with E-state index in [1.54, 1.807) is 6.20 Å². The molecule has 0 spiro atoms. The van der Waals surface area contributed by atoms with Crippen LogP contribution in [0.15, 0.2) is 42.7 Å². The summed E-state index contributed by atoms with van der Waals surface area (Å²) in [5.41, 5.74) is 2.79. The van der Waals surface area contributed by atoms with Crippen LogP contribution < -0.4 is 10.1 Å². The second kappa shape index (κ2) is 15.7. The van der Waals surface area contributed by atoms with Gasteiger partial charge in [0.25, 0.3) is 0 Å². The Morgan fingerprint density at radius 3 is 2.61 bits per heavy atom. The number of piperazine rings is 1. The summed E-state index contributed by atoms with van der Waals surface area (Å²) in [4.78, 5) is 21.2. The summed E-state index contributed by atoms with van der Waals surface area (Å²) in [6, 6.07) is 10.3. The van der Waals surface area contributed by atoms with Gasteiger partial charge in [0.1, 0.15) is 18.2 Å². The van der Waals surface area contributed by atoms with E-state index >= 15 is 0 Å². The number of nitrogens with one attached hydrogen (secondary N) is 1. The standard InChI is InChI=1S/C34H45N7O3/c1-26(2)40-19-17-39(18-20-40)16-15-36-34(42)43-21-7-10-29-12-13-31(22-27(29)3)44-25-33-38-37-32(23-28-8-4-5-9-28)41(33)30-11-6-14-35-24-30/h6,11-14,22,24,26,28H,4-5,8-9,15-21,23,25H2,1-3H3,(H,36,42). The van der Waals surface area contributed by atoms with Gasteiger partial charge in [0.05, 0.1) is 11.9 Å². The van der Waals surface area contributed by atoms with E-state index in [2.05, 4.69) is 60.6 Å². The Morgan fingerprint density at radius 2 is 1.89 bits per heavy atom. The molecule has 1 aliphatic heterocycles. The highest BCUT2D eigenvalue weighted by Crippen LogP contribution is 2.28. The maximum Gasteiger partial charge on any atom is 0.408 e. The van der Waals surface area contributed by atoms with Crippen molar-refractivity contribution >= 4 is 6.09 Å². The second-order valence-corrected chi connectivity index (χ2v) is 12.0. The number of aromatic nitrogens is 4. The van der Waals surface area contributed by atoms with Crippen molar-refractivity contribution < 1.29 is 14.3 Å². The number of carbonyl (C=O) groups is 1. The maximum atomic E-state index is 12.1. The fourth-order valence-electron chi connectivity index (χ4n) is 5.95. The van der Waals surface area contributed by atoms with E-state index in [1.807, 2.05) is 43.5 Å². The number of ether oxygens (including phenoxy) is 2. The molecular formula is C34H45N7O3. The number of carbonyl (C=O) groups excluding carboxylic acids is 1. The van der Waals surface area contributed by atoms with Gasteiger partial charge in [-0.2, -0.15) is 0 Å². The zero-order valence-electron chi connectivity index (χ0n) is 26.3. The van der Waals surface area contributed by atoms with E-state index in [4.69, 9.17) is 9.47 Å². The quantitative estimate of drug-likeness (QED) is 0.324. The Labute approximate surface area is 261 Å². The Kier molecular flexibility index (Phi) is 11.2. The zero-order valence-corrected chi connectivity index (χ0v) is 26.3. The normalized spacial score (nSPS) is 16.1. The first kappa shape index (κ1) is 31.5. The minimum Gasteiger partial charge on any atom is -0.486 e. The van der Waals surface area contributed by atoms with E-state index in [0.717, 1.165) is 73.4 Å². The van der Waals surface area contributed by atoms with Crippen molar-refractivity contribution in [1.29, 1.82) is 0 Å². The Morgan fingerprint density at radius 1 is 1.09 bits per heavy atom. The van der Waals surface area contributed by atoms with Gasteiger partial charge in [-0.05, 0) is 62.6 Å². The van der Waals surface area contributed by atoms with Crippen molar-refractivity contribution in [3.05, 3.63) is 65.5 Å². The molecular weight excluding hydrogens is 554 g/mol. The van der Waals surface area contributed by atoms with E-state index in [1.165, 1.54) is 25.7 Å². The molecule has 0 bridgehead atoms. The predicted molar refractivity (Wildman–Crippen MR) is 170 cm³/mol. The maximum absolute atomic E-state index is 12.1. The van der Waals surface area contributed by atoms with Gasteiger partial charge in [-0.1, -0.05) is 37.5 Å². The van der Waals surface area contributed by atoms with Gasteiger partial charge in [-0.15, -0.1) is 10.2 Å². The van der Waals surface area contributed by atoms with Crippen molar-refractivity contribution in [2.45, 2.75) is 65.5 Å². The van der Waals surface area contributed by atoms with Crippen LogP contribution in [-0.4, -0.2) is 87.6 Å². The van der Waals surface area contributed by atoms with E-state index in [0.29, 0.717) is 18.5 Å². The molecule has 1 N–H and O–H groups in total. The van der Waals surface area contributed by atoms with Crippen LogP contribution in [0.25, 0.3) is 5.69 Å². The highest BCUT2D eigenvalue weighted by Gasteiger charge is 2.22. The molecule has 1 saturated heterocycles. The summed E-state index contributed by atoms with van der Waals surface area (Å²) in [5, 5.41) is 11.9. The molecule has 1 aromatic carbocycles. The highest BCUT2D eigenvalue weighted by atomic mass is 16.5. The Hall–Kier alpha value is -3.94. The minimum absolute atomic E-state index is 0.0315. The minimum atomic E-state index is -0.439. The molecule has 44 heavy (non-hydrogen) atoms. The lowest BCUT2D eigenvalue weighted by Gasteiger charge is -2.36. The smallest absolute Gasteiger partial charge is 0.408 e. The average molecular weight is 600 g/mol. The molecule has 1 amide bonds. The van der Waals surface area contributed by atoms with Gasteiger partial charge in [-0.3, -0.25) is 19.4 Å². The van der Waals surface area contributed by atoms with Gasteiger partial charge >= 0.3 is 6.09 Å². The zero-order chi connectivity index (χ0) is 30.7. The van der Waals surface area contributed by atoms with Gasteiger partial charge in [0.15, 0.2) is 12.4 Å². The molecule has 0 unspecified atom stereocenters. The van der Waals surface area contributed by atoms with Crippen molar-refractivity contribution in [2.24, 2.45) is 5.92 Å². The number of hydrogen-bond donors (Lipinski definition) is 1. The van der Waals surface area contributed by atoms with Crippen molar-refractivity contribution in [2.75, 3.05) is 45.9 Å². The Bertz CT molecular complexity index is 1420. The molecule has 234 valence electrons. The van der Waals surface area contributed by atoms with Crippen LogP contribution >= 0.6 is 0 Å². The summed E-state index contributed by atoms with van der Waals surface area (Å²) < 4.78 is 13.5. The third kappa shape index (κ3) is 8.80. The number of alkyl carbamates (subject to hydrolysis) is 1. The molecule has 2 fully saturated rings. The lowest BCUT2D eigenvalue weighted by Crippen LogP contribution is -2.50. The molecule has 3 aromatic rings. The number of pyridine rings is 1. The summed E-state index contributed by atoms with van der Waals surface area (Å²) >= 11 is 0. The molecule has 5 rings (SSSR count). The van der Waals surface area contributed by atoms with E-state index in [9.17, 15) is 4.79 Å². The van der Waals surface area contributed by atoms with Crippen LogP contribution in [0.3, 0.4) is 0 Å². The first-order valence-corrected chi connectivity index (χ1v) is 15.9. The lowest BCUT2D eigenvalue weighted by atomic mass is 10.0. The van der Waals surface area contributed by atoms with Gasteiger partial charge in [0.2, 0.25) is 0 Å². The van der Waals surface area contributed by atoms with Crippen LogP contribution in [-0.2, 0) is 17.8 Å². The molecule has 2 aliphatic rings. The number of hydrogen-bond acceptors (Lipinski definition) is 8. The summed E-state index contributed by atoms with van der Waals surface area (Å²) in [6.45, 7) is 12.3. The molecule has 10 nitrogen and oxygen atoms in total. The average Bonchev–Trinajstić information content (AvgIpc) is 3.70. The predicted octanol–water partition coefficient (Wildman–Crippen LogP) is 4.39. The molecule has 3 heterocycles. The lowest BCUT2D eigenvalue weighted by molar-refractivity contribution is 0.108. The molecule has 1 saturated carbocycles. The monoisotopic (exact) mass is 599 g/mol. The second-order valence-electron chi connectivity index (χ2n) is 12.0. The van der Waals surface area contributed by atoms with Crippen LogP contribution in [0.5, 0.6) is 5.75 Å². The molecule has 2 aromatic heterocycles. The first-order chi connectivity index (χ1) is 21.5. The highest BCUT2D eigenvalue weighted by molar-refractivity contribution is 5.67. The molecule has 0 atom stereocenters. The van der Waals surface area contributed by atoms with E-state index < -0.39 is 6.09 Å². The summed E-state index contributed by atoms with van der Waals surface area (Å²) in [6.07, 6.45) is 9.16. The third-order valence-electron chi connectivity index (χ3n) is 8.55. The van der Waals surface area contributed by atoms with Crippen molar-refractivity contribution in [3.63, 3.8) is 0 Å². The van der Waals surface area contributed by atoms with Crippen LogP contribution in [0.2, 0.25) is 0 Å². The molecule has 1 aliphatic carbocycles. The van der Waals surface area contributed by atoms with Gasteiger partial charge < -0.3 is 14.8 Å². The van der Waals surface area contributed by atoms with Crippen molar-refractivity contribution in [3.8, 4) is 23.3 Å². The van der Waals surface area contributed by atoms with Gasteiger partial charge in [0, 0.05) is 63.5 Å². The Balaban J connectivity index is 1.08. The van der Waals surface area contributed by atoms with Crippen LogP contribution in [0, 0.1) is 24.7 Å². The SMILES string of the molecule is Cc1cc(OCc2nnc(CC3CCCC3)n2-c2cccnc2)ccc1C#CCOC(=O)NCCN1CCN(C(C)C)CC1. The number of benzene rings is 1. The molecule has 10 heteroatoms. The van der Waals surface area contributed by atoms with Gasteiger partial charge in [-0.25, -0.2) is 4.79 Å². The van der Waals surface area contributed by atoms with Crippen molar-refractivity contribution in [1.82, 2.24) is 34.9 Å². The third-order valence-corrected chi connectivity index (χ3v) is 8.55. The van der Waals surface area contributed by atoms with E-state index in [-0.39, 0.29) is 13.2 Å². The number of nitrogens with zero attached hydrogens (tertiary/aromatic N) is 6. The topological polar surface area (TPSA) is 97.6 Å². The number of aryl methyl sites for hydroxylation is 1. The fourth-order valence-corrected chi connectivity index (χ4v) is 5.95. The number of amides is 1. The fraction of sp³-hybridized carbons (Fsp3) is 0.529. The first-order valence-electron chi connectivity index (χ1n) is 15.9.